The monoisotopic (exact) mass is 290 g/mol. The van der Waals surface area contributed by atoms with E-state index in [0.29, 0.717) is 0 Å². The lowest BCUT2D eigenvalue weighted by atomic mass is 9.91. The zero-order valence-electron chi connectivity index (χ0n) is 11.5. The van der Waals surface area contributed by atoms with Crippen LogP contribution < -0.4 is 5.43 Å². The summed E-state index contributed by atoms with van der Waals surface area (Å²) in [6.45, 7) is 0. The molecule has 0 saturated carbocycles. The molecule has 0 spiro atoms. The molecule has 0 aliphatic carbocycles. The molecule has 21 heavy (non-hydrogen) atoms. The zero-order valence-corrected chi connectivity index (χ0v) is 11.5. The Labute approximate surface area is 120 Å². The van der Waals surface area contributed by atoms with E-state index in [1.165, 1.54) is 19.2 Å². The minimum atomic E-state index is -0.525. The highest BCUT2D eigenvalue weighted by Crippen LogP contribution is 2.39. The van der Waals surface area contributed by atoms with Gasteiger partial charge in [0.15, 0.2) is 0 Å². The van der Waals surface area contributed by atoms with Gasteiger partial charge >= 0.3 is 0 Å². The van der Waals surface area contributed by atoms with Gasteiger partial charge in [-0.1, -0.05) is 12.1 Å². The van der Waals surface area contributed by atoms with E-state index in [0.717, 1.165) is 10.5 Å². The number of nitrogens with zero attached hydrogens (tertiary/aromatic N) is 3. The fourth-order valence-corrected chi connectivity index (χ4v) is 3.02. The zero-order chi connectivity index (χ0) is 15.3. The lowest BCUT2D eigenvalue weighted by Crippen LogP contribution is -2.41. The predicted molar refractivity (Wildman–Crippen MR) is 71.8 cm³/mol. The first-order valence-corrected chi connectivity index (χ1v) is 6.46. The number of nitrogens with one attached hydrogen (secondary N) is 1. The van der Waals surface area contributed by atoms with Crippen LogP contribution in [0.4, 0.5) is 5.69 Å². The van der Waals surface area contributed by atoms with E-state index in [4.69, 9.17) is 0 Å². The fourth-order valence-electron chi connectivity index (χ4n) is 3.02. The molecule has 2 heterocycles. The smallest absolute Gasteiger partial charge is 0.269 e. The summed E-state index contributed by atoms with van der Waals surface area (Å²) in [5, 5.41) is 12.3. The van der Waals surface area contributed by atoms with E-state index in [2.05, 4.69) is 5.43 Å². The molecular formula is C13H14N4O4. The minimum Gasteiger partial charge on any atom is -0.284 e. The van der Waals surface area contributed by atoms with E-state index < -0.39 is 16.9 Å². The molecule has 110 valence electrons. The van der Waals surface area contributed by atoms with Gasteiger partial charge in [0.05, 0.1) is 16.9 Å². The van der Waals surface area contributed by atoms with E-state index in [-0.39, 0.29) is 23.5 Å². The summed E-state index contributed by atoms with van der Waals surface area (Å²) < 4.78 is 0. The number of imide groups is 1. The number of amides is 2. The summed E-state index contributed by atoms with van der Waals surface area (Å²) in [5.41, 5.74) is 3.84. The molecule has 2 aliphatic rings. The van der Waals surface area contributed by atoms with Crippen molar-refractivity contribution in [2.45, 2.75) is 12.1 Å². The summed E-state index contributed by atoms with van der Waals surface area (Å²) in [6, 6.07) is 5.14. The van der Waals surface area contributed by atoms with Crippen molar-refractivity contribution in [3.8, 4) is 0 Å². The number of hydrogen-bond acceptors (Lipinski definition) is 6. The fraction of sp³-hybridized carbons (Fsp3) is 0.385. The molecule has 0 radical (unpaired) electrons. The van der Waals surface area contributed by atoms with Gasteiger partial charge in [-0.15, -0.1) is 0 Å². The number of non-ortho nitro benzene ring substituents is 1. The first-order valence-electron chi connectivity index (χ1n) is 6.46. The van der Waals surface area contributed by atoms with Gasteiger partial charge in [0.2, 0.25) is 11.8 Å². The quantitative estimate of drug-likeness (QED) is 0.470. The maximum Gasteiger partial charge on any atom is 0.269 e. The van der Waals surface area contributed by atoms with Crippen LogP contribution >= 0.6 is 0 Å². The Morgan fingerprint density at radius 2 is 1.76 bits per heavy atom. The maximum atomic E-state index is 12.2. The third kappa shape index (κ3) is 1.91. The summed E-state index contributed by atoms with van der Waals surface area (Å²) in [5.74, 6) is -0.969. The van der Waals surface area contributed by atoms with Crippen molar-refractivity contribution < 1.29 is 14.5 Å². The highest BCUT2D eigenvalue weighted by atomic mass is 16.6. The Kier molecular flexibility index (Phi) is 2.99. The Bertz CT molecular complexity index is 630. The predicted octanol–water partition coefficient (Wildman–Crippen LogP) is 0.0693. The Hall–Kier alpha value is -2.32. The van der Waals surface area contributed by atoms with Crippen LogP contribution in [0, 0.1) is 16.0 Å². The normalized spacial score (nSPS) is 29.0. The number of hydrogen-bond donors (Lipinski definition) is 1. The van der Waals surface area contributed by atoms with E-state index in [1.54, 1.807) is 24.2 Å². The number of likely N-dealkylation sites (N-methyl/N-ethyl adjacent to an activating group) is 2. The first kappa shape index (κ1) is 13.7. The number of benzene rings is 1. The summed E-state index contributed by atoms with van der Waals surface area (Å²) in [4.78, 5) is 35.6. The standard InChI is InChI=1S/C13H14N4O4/c1-15-12(18)9-10(14-16(2)11(9)13(15)19)7-3-5-8(6-4-7)17(20)21/h3-6,9-11,14H,1-2H3/t9-,10-,11-/m0/s1. The first-order chi connectivity index (χ1) is 9.91. The average Bonchev–Trinajstić information content (AvgIpc) is 2.92. The van der Waals surface area contributed by atoms with Gasteiger partial charge in [0.25, 0.3) is 5.69 Å². The Morgan fingerprint density at radius 3 is 2.33 bits per heavy atom. The Balaban J connectivity index is 1.94. The second-order valence-corrected chi connectivity index (χ2v) is 5.27. The summed E-state index contributed by atoms with van der Waals surface area (Å²) >= 11 is 0. The maximum absolute atomic E-state index is 12.2. The van der Waals surface area contributed by atoms with Crippen LogP contribution in [0.2, 0.25) is 0 Å². The van der Waals surface area contributed by atoms with Gasteiger partial charge in [-0.3, -0.25) is 24.6 Å². The molecule has 1 aromatic rings. The van der Waals surface area contributed by atoms with Crippen LogP contribution in [-0.2, 0) is 9.59 Å². The van der Waals surface area contributed by atoms with Gasteiger partial charge in [-0.2, -0.15) is 0 Å². The molecule has 1 N–H and O–H groups in total. The molecule has 3 atom stereocenters. The third-order valence-corrected chi connectivity index (χ3v) is 4.12. The van der Waals surface area contributed by atoms with E-state index >= 15 is 0 Å². The second-order valence-electron chi connectivity index (χ2n) is 5.27. The molecule has 2 aliphatic heterocycles. The van der Waals surface area contributed by atoms with Crippen molar-refractivity contribution in [3.05, 3.63) is 39.9 Å². The molecule has 2 fully saturated rings. The molecule has 2 saturated heterocycles. The number of hydrazine groups is 1. The van der Waals surface area contributed by atoms with E-state index in [9.17, 15) is 19.7 Å². The molecule has 0 aromatic heterocycles. The van der Waals surface area contributed by atoms with Crippen molar-refractivity contribution in [2.75, 3.05) is 14.1 Å². The van der Waals surface area contributed by atoms with Crippen molar-refractivity contribution in [3.63, 3.8) is 0 Å². The van der Waals surface area contributed by atoms with Gasteiger partial charge in [0, 0.05) is 26.2 Å². The van der Waals surface area contributed by atoms with Crippen molar-refractivity contribution in [1.29, 1.82) is 0 Å². The van der Waals surface area contributed by atoms with Crippen molar-refractivity contribution >= 4 is 17.5 Å². The highest BCUT2D eigenvalue weighted by Gasteiger charge is 2.56. The van der Waals surface area contributed by atoms with Gasteiger partial charge in [0.1, 0.15) is 6.04 Å². The SMILES string of the molecule is CN1C(=O)[C@@H]2[C@@H](C1=O)N(C)N[C@H]2c1ccc([N+](=O)[O-])cc1. The lowest BCUT2D eigenvalue weighted by Gasteiger charge is -2.19. The van der Waals surface area contributed by atoms with E-state index in [1.807, 2.05) is 0 Å². The third-order valence-electron chi connectivity index (χ3n) is 4.12. The molecule has 1 aromatic carbocycles. The van der Waals surface area contributed by atoms with Gasteiger partial charge < -0.3 is 0 Å². The van der Waals surface area contributed by atoms with Crippen LogP contribution in [0.25, 0.3) is 0 Å². The molecule has 3 rings (SSSR count). The van der Waals surface area contributed by atoms with Crippen LogP contribution in [-0.4, -0.2) is 46.8 Å². The van der Waals surface area contributed by atoms with Crippen LogP contribution in [0.3, 0.4) is 0 Å². The average molecular weight is 290 g/mol. The molecule has 0 bridgehead atoms. The minimum absolute atomic E-state index is 0.00686. The van der Waals surface area contributed by atoms with Crippen LogP contribution in [0.1, 0.15) is 11.6 Å². The lowest BCUT2D eigenvalue weighted by molar-refractivity contribution is -0.384. The summed E-state index contributed by atoms with van der Waals surface area (Å²) in [6.07, 6.45) is 0. The van der Waals surface area contributed by atoms with Crippen LogP contribution in [0.15, 0.2) is 24.3 Å². The highest BCUT2D eigenvalue weighted by molar-refractivity contribution is 6.07. The Morgan fingerprint density at radius 1 is 1.14 bits per heavy atom. The topological polar surface area (TPSA) is 95.8 Å². The molecule has 2 amide bonds. The number of likely N-dealkylation sites (tertiary alicyclic amines) is 1. The van der Waals surface area contributed by atoms with Crippen LogP contribution in [0.5, 0.6) is 0 Å². The largest absolute Gasteiger partial charge is 0.284 e. The van der Waals surface area contributed by atoms with Crippen molar-refractivity contribution in [2.24, 2.45) is 5.92 Å². The van der Waals surface area contributed by atoms with Gasteiger partial charge in [-0.05, 0) is 5.56 Å². The van der Waals surface area contributed by atoms with Crippen molar-refractivity contribution in [1.82, 2.24) is 15.3 Å². The number of rotatable bonds is 2. The second kappa shape index (κ2) is 4.61. The van der Waals surface area contributed by atoms with Gasteiger partial charge in [-0.25, -0.2) is 10.4 Å². The number of carbonyl (C=O) groups excluding carboxylic acids is 2. The number of fused-ring (bicyclic) bond motifs is 1. The summed E-state index contributed by atoms with van der Waals surface area (Å²) in [7, 11) is 3.19. The molecular weight excluding hydrogens is 276 g/mol. The number of nitro benzene ring substituents is 1. The number of carbonyl (C=O) groups is 2. The molecule has 0 unspecified atom stereocenters. The molecule has 8 nitrogen and oxygen atoms in total. The molecule has 8 heteroatoms. The number of nitro groups is 1.